The molecule has 15 heavy (non-hydrogen) atoms. The average Bonchev–Trinajstić information content (AvgIpc) is 2.61. The molecular formula is C8H11NO6. The van der Waals surface area contributed by atoms with Crippen LogP contribution in [0.25, 0.3) is 0 Å². The lowest BCUT2D eigenvalue weighted by atomic mass is 10.1. The van der Waals surface area contributed by atoms with Gasteiger partial charge in [-0.25, -0.2) is 4.79 Å². The van der Waals surface area contributed by atoms with Crippen molar-refractivity contribution in [2.75, 3.05) is 13.2 Å². The summed E-state index contributed by atoms with van der Waals surface area (Å²) in [5.74, 6) is -4.01. The van der Waals surface area contributed by atoms with Crippen LogP contribution >= 0.6 is 0 Å². The standard InChI is InChI=1S/C8H11NO6/c10-3-6(11)9-2-4(7(12)13)1-5(9)8(14)15/h4-5,10H,1-3H2,(H,12,13)(H,14,15). The van der Waals surface area contributed by atoms with E-state index < -0.39 is 36.4 Å². The number of nitrogens with zero attached hydrogens (tertiary/aromatic N) is 1. The molecule has 1 rings (SSSR count). The van der Waals surface area contributed by atoms with Gasteiger partial charge in [-0.1, -0.05) is 0 Å². The molecule has 1 aliphatic rings. The fourth-order valence-electron chi connectivity index (χ4n) is 1.62. The number of carboxylic acids is 2. The number of hydrogen-bond acceptors (Lipinski definition) is 4. The van der Waals surface area contributed by atoms with Crippen molar-refractivity contribution in [1.29, 1.82) is 0 Å². The number of hydrogen-bond donors (Lipinski definition) is 3. The van der Waals surface area contributed by atoms with Crippen LogP contribution in [0.2, 0.25) is 0 Å². The number of aliphatic carboxylic acids is 2. The Morgan fingerprint density at radius 3 is 2.20 bits per heavy atom. The van der Waals surface area contributed by atoms with E-state index in [1.807, 2.05) is 0 Å². The van der Waals surface area contributed by atoms with Crippen LogP contribution in [0.3, 0.4) is 0 Å². The maximum absolute atomic E-state index is 11.1. The molecule has 0 aliphatic carbocycles. The monoisotopic (exact) mass is 217 g/mol. The summed E-state index contributed by atoms with van der Waals surface area (Å²) in [4.78, 5) is 33.4. The highest BCUT2D eigenvalue weighted by Gasteiger charge is 2.42. The van der Waals surface area contributed by atoms with E-state index in [9.17, 15) is 14.4 Å². The third-order valence-electron chi connectivity index (χ3n) is 2.39. The molecule has 1 heterocycles. The van der Waals surface area contributed by atoms with E-state index in [2.05, 4.69) is 0 Å². The first-order valence-electron chi connectivity index (χ1n) is 4.33. The Bertz CT molecular complexity index is 302. The lowest BCUT2D eigenvalue weighted by Crippen LogP contribution is -2.41. The second-order valence-electron chi connectivity index (χ2n) is 3.33. The van der Waals surface area contributed by atoms with Crippen LogP contribution in [0.5, 0.6) is 0 Å². The molecule has 1 aliphatic heterocycles. The second kappa shape index (κ2) is 4.26. The summed E-state index contributed by atoms with van der Waals surface area (Å²) in [6.07, 6.45) is -0.115. The van der Waals surface area contributed by atoms with Crippen molar-refractivity contribution in [3.05, 3.63) is 0 Å². The van der Waals surface area contributed by atoms with Gasteiger partial charge in [-0.05, 0) is 6.42 Å². The zero-order valence-corrected chi connectivity index (χ0v) is 7.79. The molecule has 2 unspecified atom stereocenters. The van der Waals surface area contributed by atoms with Crippen LogP contribution in [0.1, 0.15) is 6.42 Å². The molecule has 0 bridgehead atoms. The van der Waals surface area contributed by atoms with Crippen molar-refractivity contribution in [2.45, 2.75) is 12.5 Å². The summed E-state index contributed by atoms with van der Waals surface area (Å²) >= 11 is 0. The number of rotatable bonds is 3. The Kier molecular flexibility index (Phi) is 3.25. The predicted molar refractivity (Wildman–Crippen MR) is 46.0 cm³/mol. The van der Waals surface area contributed by atoms with Crippen LogP contribution in [-0.2, 0) is 14.4 Å². The molecule has 7 nitrogen and oxygen atoms in total. The summed E-state index contributed by atoms with van der Waals surface area (Å²) in [5, 5.41) is 26.0. The molecule has 3 N–H and O–H groups in total. The number of carboxylic acid groups (broad SMARTS) is 2. The minimum Gasteiger partial charge on any atom is -0.481 e. The van der Waals surface area contributed by atoms with Gasteiger partial charge in [-0.15, -0.1) is 0 Å². The Morgan fingerprint density at radius 1 is 1.20 bits per heavy atom. The van der Waals surface area contributed by atoms with E-state index in [1.54, 1.807) is 0 Å². The number of aliphatic hydroxyl groups excluding tert-OH is 1. The molecule has 84 valence electrons. The zero-order chi connectivity index (χ0) is 11.6. The number of amides is 1. The van der Waals surface area contributed by atoms with Crippen molar-refractivity contribution in [2.24, 2.45) is 5.92 Å². The molecule has 1 fully saturated rings. The highest BCUT2D eigenvalue weighted by molar-refractivity contribution is 5.86. The van der Waals surface area contributed by atoms with E-state index >= 15 is 0 Å². The van der Waals surface area contributed by atoms with Gasteiger partial charge < -0.3 is 20.2 Å². The molecule has 2 atom stereocenters. The molecule has 0 aromatic carbocycles. The topological polar surface area (TPSA) is 115 Å². The first-order valence-corrected chi connectivity index (χ1v) is 4.33. The van der Waals surface area contributed by atoms with Gasteiger partial charge in [0.1, 0.15) is 12.6 Å². The van der Waals surface area contributed by atoms with Crippen LogP contribution in [-0.4, -0.2) is 57.3 Å². The summed E-state index contributed by atoms with van der Waals surface area (Å²) in [6, 6.07) is -1.15. The van der Waals surface area contributed by atoms with Gasteiger partial charge in [0, 0.05) is 6.54 Å². The summed E-state index contributed by atoms with van der Waals surface area (Å²) in [6.45, 7) is -0.970. The van der Waals surface area contributed by atoms with Gasteiger partial charge >= 0.3 is 11.9 Å². The van der Waals surface area contributed by atoms with Crippen LogP contribution in [0, 0.1) is 5.92 Å². The highest BCUT2D eigenvalue weighted by Crippen LogP contribution is 2.23. The van der Waals surface area contributed by atoms with Crippen LogP contribution < -0.4 is 0 Å². The Balaban J connectivity index is 2.81. The van der Waals surface area contributed by atoms with Gasteiger partial charge in [0.15, 0.2) is 0 Å². The van der Waals surface area contributed by atoms with Crippen molar-refractivity contribution in [3.8, 4) is 0 Å². The summed E-state index contributed by atoms with van der Waals surface area (Å²) in [7, 11) is 0. The number of aliphatic hydroxyl groups is 1. The number of carbonyl (C=O) groups is 3. The van der Waals surface area contributed by atoms with Gasteiger partial charge in [0.05, 0.1) is 5.92 Å². The quantitative estimate of drug-likeness (QED) is 0.522. The zero-order valence-electron chi connectivity index (χ0n) is 7.79. The maximum atomic E-state index is 11.1. The fraction of sp³-hybridized carbons (Fsp3) is 0.625. The SMILES string of the molecule is O=C(O)C1CC(C(=O)O)N(C(=O)CO)C1. The van der Waals surface area contributed by atoms with Crippen LogP contribution in [0.15, 0.2) is 0 Å². The molecule has 1 amide bonds. The van der Waals surface area contributed by atoms with Crippen LogP contribution in [0.4, 0.5) is 0 Å². The van der Waals surface area contributed by atoms with E-state index in [1.165, 1.54) is 0 Å². The third kappa shape index (κ3) is 2.24. The molecule has 0 radical (unpaired) electrons. The van der Waals surface area contributed by atoms with Crippen molar-refractivity contribution in [1.82, 2.24) is 4.90 Å². The minimum atomic E-state index is -1.25. The normalized spacial score (nSPS) is 25.3. The molecule has 0 saturated carbocycles. The average molecular weight is 217 g/mol. The van der Waals surface area contributed by atoms with Gasteiger partial charge in [0.25, 0.3) is 0 Å². The number of likely N-dealkylation sites (tertiary alicyclic amines) is 1. The van der Waals surface area contributed by atoms with Gasteiger partial charge in [-0.3, -0.25) is 9.59 Å². The fourth-order valence-corrected chi connectivity index (χ4v) is 1.62. The second-order valence-corrected chi connectivity index (χ2v) is 3.33. The first-order chi connectivity index (χ1) is 6.97. The molecule has 0 spiro atoms. The van der Waals surface area contributed by atoms with Crippen molar-refractivity contribution < 1.29 is 29.7 Å². The Labute approximate surface area is 84.9 Å². The minimum absolute atomic E-state index is 0.115. The maximum Gasteiger partial charge on any atom is 0.326 e. The van der Waals surface area contributed by atoms with E-state index in [0.29, 0.717) is 0 Å². The third-order valence-corrected chi connectivity index (χ3v) is 2.39. The summed E-state index contributed by atoms with van der Waals surface area (Å²) < 4.78 is 0. The lowest BCUT2D eigenvalue weighted by Gasteiger charge is -2.19. The largest absolute Gasteiger partial charge is 0.481 e. The first kappa shape index (κ1) is 11.4. The van der Waals surface area contributed by atoms with E-state index in [-0.39, 0.29) is 13.0 Å². The smallest absolute Gasteiger partial charge is 0.326 e. The molecule has 0 aromatic heterocycles. The molecule has 1 saturated heterocycles. The predicted octanol–water partition coefficient (Wildman–Crippen LogP) is -1.63. The van der Waals surface area contributed by atoms with Crippen molar-refractivity contribution >= 4 is 17.8 Å². The molecule has 0 aromatic rings. The number of carbonyl (C=O) groups excluding carboxylic acids is 1. The summed E-state index contributed by atoms with van der Waals surface area (Å²) in [5.41, 5.74) is 0. The molecule has 7 heteroatoms. The van der Waals surface area contributed by atoms with E-state index in [0.717, 1.165) is 4.90 Å². The lowest BCUT2D eigenvalue weighted by molar-refractivity contribution is -0.149. The van der Waals surface area contributed by atoms with Crippen molar-refractivity contribution in [3.63, 3.8) is 0 Å². The Hall–Kier alpha value is -1.63. The van der Waals surface area contributed by atoms with E-state index in [4.69, 9.17) is 15.3 Å². The molecular weight excluding hydrogens is 206 g/mol. The van der Waals surface area contributed by atoms with Gasteiger partial charge in [0.2, 0.25) is 5.91 Å². The Morgan fingerprint density at radius 2 is 1.80 bits per heavy atom. The highest BCUT2D eigenvalue weighted by atomic mass is 16.4. The van der Waals surface area contributed by atoms with Gasteiger partial charge in [-0.2, -0.15) is 0 Å².